The molecule has 2 heterocycles. The van der Waals surface area contributed by atoms with Crippen LogP contribution in [0.3, 0.4) is 0 Å². The second kappa shape index (κ2) is 7.43. The molecule has 2 fully saturated rings. The number of carbonyl (C=O) groups is 1. The number of amides is 1. The highest BCUT2D eigenvalue weighted by Crippen LogP contribution is 2.25. The van der Waals surface area contributed by atoms with Gasteiger partial charge in [0.2, 0.25) is 5.91 Å². The molecule has 0 saturated carbocycles. The highest BCUT2D eigenvalue weighted by molar-refractivity contribution is 5.82. The fraction of sp³-hybridized carbons (Fsp3) is 0.611. The molecule has 0 spiro atoms. The smallest absolute Gasteiger partial charge is 0.240 e. The molecule has 2 atom stereocenters. The van der Waals surface area contributed by atoms with Gasteiger partial charge in [0.15, 0.2) is 0 Å². The number of ether oxygens (including phenoxy) is 1. The summed E-state index contributed by atoms with van der Waals surface area (Å²) in [6.45, 7) is 3.39. The Kier molecular flexibility index (Phi) is 5.30. The lowest BCUT2D eigenvalue weighted by Gasteiger charge is -2.27. The largest absolute Gasteiger partial charge is 0.392 e. The van der Waals surface area contributed by atoms with E-state index < -0.39 is 0 Å². The van der Waals surface area contributed by atoms with E-state index in [1.807, 2.05) is 29.2 Å². The first-order valence-corrected chi connectivity index (χ1v) is 8.45. The number of benzene rings is 1. The molecular formula is C18H26N2O3. The molecule has 2 aliphatic rings. The molecule has 1 aromatic carbocycles. The average molecular weight is 318 g/mol. The molecule has 2 aliphatic heterocycles. The van der Waals surface area contributed by atoms with E-state index in [0.29, 0.717) is 0 Å². The van der Waals surface area contributed by atoms with Crippen LogP contribution in [-0.2, 0) is 22.7 Å². The Morgan fingerprint density at radius 3 is 2.48 bits per heavy atom. The van der Waals surface area contributed by atoms with E-state index in [9.17, 15) is 4.79 Å². The molecular weight excluding hydrogens is 292 g/mol. The Balaban J connectivity index is 1.70. The van der Waals surface area contributed by atoms with Crippen LogP contribution in [0.15, 0.2) is 24.3 Å². The summed E-state index contributed by atoms with van der Waals surface area (Å²) >= 11 is 0. The van der Waals surface area contributed by atoms with E-state index in [1.165, 1.54) is 0 Å². The summed E-state index contributed by atoms with van der Waals surface area (Å²) in [5.74, 6) is 0.258. The standard InChI is InChI=1S/C18H26N2O3/c1-23-16-10-17(18(22)19-8-2-3-9-19)20(12-16)11-14-4-6-15(13-21)7-5-14/h4-7,16-17,21H,2-3,8-13H2,1H3/t16-,17-/m0/s1. The number of hydrogen-bond donors (Lipinski definition) is 1. The molecule has 5 nitrogen and oxygen atoms in total. The highest BCUT2D eigenvalue weighted by Gasteiger charge is 2.39. The van der Waals surface area contributed by atoms with Gasteiger partial charge in [-0.15, -0.1) is 0 Å². The number of aliphatic hydroxyl groups is 1. The quantitative estimate of drug-likeness (QED) is 0.891. The number of methoxy groups -OCH3 is 1. The molecule has 5 heteroatoms. The number of aliphatic hydroxyl groups excluding tert-OH is 1. The van der Waals surface area contributed by atoms with E-state index in [0.717, 1.165) is 56.6 Å². The molecule has 1 N–H and O–H groups in total. The third-order valence-electron chi connectivity index (χ3n) is 4.99. The van der Waals surface area contributed by atoms with Gasteiger partial charge in [-0.2, -0.15) is 0 Å². The third-order valence-corrected chi connectivity index (χ3v) is 4.99. The summed E-state index contributed by atoms with van der Waals surface area (Å²) in [5.41, 5.74) is 2.08. The normalized spacial score (nSPS) is 25.2. The van der Waals surface area contributed by atoms with Crippen molar-refractivity contribution in [2.45, 2.75) is 44.6 Å². The van der Waals surface area contributed by atoms with Crippen molar-refractivity contribution in [2.75, 3.05) is 26.7 Å². The average Bonchev–Trinajstić information content (AvgIpc) is 3.25. The maximum absolute atomic E-state index is 12.8. The Bertz CT molecular complexity index is 526. The zero-order chi connectivity index (χ0) is 16.2. The first-order chi connectivity index (χ1) is 11.2. The van der Waals surface area contributed by atoms with Crippen molar-refractivity contribution >= 4 is 5.91 Å². The highest BCUT2D eigenvalue weighted by atomic mass is 16.5. The minimum atomic E-state index is -0.0735. The molecule has 0 aliphatic carbocycles. The van der Waals surface area contributed by atoms with Crippen molar-refractivity contribution < 1.29 is 14.6 Å². The van der Waals surface area contributed by atoms with Crippen LogP contribution in [0.1, 0.15) is 30.4 Å². The van der Waals surface area contributed by atoms with Gasteiger partial charge in [-0.3, -0.25) is 9.69 Å². The monoisotopic (exact) mass is 318 g/mol. The number of likely N-dealkylation sites (tertiary alicyclic amines) is 2. The minimum absolute atomic E-state index is 0.0613. The van der Waals surface area contributed by atoms with Gasteiger partial charge in [-0.05, 0) is 30.4 Å². The van der Waals surface area contributed by atoms with Crippen molar-refractivity contribution in [1.82, 2.24) is 9.80 Å². The fourth-order valence-electron chi connectivity index (χ4n) is 3.60. The summed E-state index contributed by atoms with van der Waals surface area (Å²) in [6.07, 6.45) is 3.15. The Labute approximate surface area is 137 Å². The second-order valence-electron chi connectivity index (χ2n) is 6.55. The molecule has 23 heavy (non-hydrogen) atoms. The van der Waals surface area contributed by atoms with Crippen LogP contribution in [0.2, 0.25) is 0 Å². The molecule has 0 unspecified atom stereocenters. The van der Waals surface area contributed by atoms with Crippen LogP contribution >= 0.6 is 0 Å². The van der Waals surface area contributed by atoms with Gasteiger partial charge >= 0.3 is 0 Å². The third kappa shape index (κ3) is 3.74. The first kappa shape index (κ1) is 16.4. The van der Waals surface area contributed by atoms with E-state index in [2.05, 4.69) is 4.90 Å². The molecule has 1 aromatic rings. The van der Waals surface area contributed by atoms with Gasteiger partial charge in [0, 0.05) is 33.3 Å². The van der Waals surface area contributed by atoms with Gasteiger partial charge in [0.25, 0.3) is 0 Å². The van der Waals surface area contributed by atoms with Crippen LogP contribution in [0, 0.1) is 0 Å². The summed E-state index contributed by atoms with van der Waals surface area (Å²) in [5, 5.41) is 9.14. The van der Waals surface area contributed by atoms with E-state index in [-0.39, 0.29) is 24.7 Å². The van der Waals surface area contributed by atoms with Crippen molar-refractivity contribution in [3.05, 3.63) is 35.4 Å². The first-order valence-electron chi connectivity index (χ1n) is 8.45. The van der Waals surface area contributed by atoms with E-state index in [1.54, 1.807) is 7.11 Å². The molecule has 126 valence electrons. The Morgan fingerprint density at radius 2 is 1.87 bits per heavy atom. The predicted molar refractivity (Wildman–Crippen MR) is 87.8 cm³/mol. The lowest BCUT2D eigenvalue weighted by atomic mass is 10.1. The van der Waals surface area contributed by atoms with E-state index in [4.69, 9.17) is 9.84 Å². The summed E-state index contributed by atoms with van der Waals surface area (Å²) in [4.78, 5) is 17.0. The van der Waals surface area contributed by atoms with Crippen LogP contribution < -0.4 is 0 Å². The van der Waals surface area contributed by atoms with Crippen LogP contribution in [-0.4, -0.2) is 59.7 Å². The summed E-state index contributed by atoms with van der Waals surface area (Å²) in [6, 6.07) is 7.87. The number of carbonyl (C=O) groups excluding carboxylic acids is 1. The zero-order valence-electron chi connectivity index (χ0n) is 13.8. The summed E-state index contributed by atoms with van der Waals surface area (Å²) in [7, 11) is 1.72. The zero-order valence-corrected chi connectivity index (χ0v) is 13.8. The lowest BCUT2D eigenvalue weighted by Crippen LogP contribution is -2.44. The maximum Gasteiger partial charge on any atom is 0.240 e. The van der Waals surface area contributed by atoms with Crippen molar-refractivity contribution in [2.24, 2.45) is 0 Å². The molecule has 2 saturated heterocycles. The number of rotatable bonds is 5. The van der Waals surface area contributed by atoms with Gasteiger partial charge in [0.1, 0.15) is 0 Å². The molecule has 3 rings (SSSR count). The molecule has 0 bridgehead atoms. The topological polar surface area (TPSA) is 53.0 Å². The second-order valence-corrected chi connectivity index (χ2v) is 6.55. The van der Waals surface area contributed by atoms with Gasteiger partial charge < -0.3 is 14.7 Å². The van der Waals surface area contributed by atoms with Crippen molar-refractivity contribution in [1.29, 1.82) is 0 Å². The summed E-state index contributed by atoms with van der Waals surface area (Å²) < 4.78 is 5.51. The van der Waals surface area contributed by atoms with E-state index >= 15 is 0 Å². The number of nitrogens with zero attached hydrogens (tertiary/aromatic N) is 2. The SMILES string of the molecule is CO[C@H]1C[C@@H](C(=O)N2CCCC2)N(Cc2ccc(CO)cc2)C1. The molecule has 0 radical (unpaired) electrons. The minimum Gasteiger partial charge on any atom is -0.392 e. The van der Waals surface area contributed by atoms with Crippen LogP contribution in [0.4, 0.5) is 0 Å². The van der Waals surface area contributed by atoms with Crippen molar-refractivity contribution in [3.63, 3.8) is 0 Å². The lowest BCUT2D eigenvalue weighted by molar-refractivity contribution is -0.135. The van der Waals surface area contributed by atoms with Gasteiger partial charge in [-0.25, -0.2) is 0 Å². The fourth-order valence-corrected chi connectivity index (χ4v) is 3.60. The Morgan fingerprint density at radius 1 is 1.22 bits per heavy atom. The molecule has 1 amide bonds. The predicted octanol–water partition coefficient (Wildman–Crippen LogP) is 1.39. The number of hydrogen-bond acceptors (Lipinski definition) is 4. The maximum atomic E-state index is 12.8. The van der Waals surface area contributed by atoms with Crippen molar-refractivity contribution in [3.8, 4) is 0 Å². The van der Waals surface area contributed by atoms with Crippen LogP contribution in [0.5, 0.6) is 0 Å². The van der Waals surface area contributed by atoms with Gasteiger partial charge in [-0.1, -0.05) is 24.3 Å². The molecule has 0 aromatic heterocycles. The Hall–Kier alpha value is -1.43. The van der Waals surface area contributed by atoms with Crippen LogP contribution in [0.25, 0.3) is 0 Å². The van der Waals surface area contributed by atoms with Gasteiger partial charge in [0.05, 0.1) is 18.8 Å².